The number of aromatic nitrogens is 2. The Labute approximate surface area is 223 Å². The number of carbonyl (C=O) groups is 3. The van der Waals surface area contributed by atoms with Crippen LogP contribution in [0.3, 0.4) is 0 Å². The van der Waals surface area contributed by atoms with E-state index in [1.807, 2.05) is 9.80 Å². The van der Waals surface area contributed by atoms with E-state index in [4.69, 9.17) is 10.8 Å². The van der Waals surface area contributed by atoms with Crippen LogP contribution in [0.25, 0.3) is 0 Å². The fourth-order valence-electron chi connectivity index (χ4n) is 4.00. The number of aliphatic carboxylic acids is 2. The summed E-state index contributed by atoms with van der Waals surface area (Å²) >= 11 is 0. The van der Waals surface area contributed by atoms with Gasteiger partial charge in [0, 0.05) is 68.5 Å². The quantitative estimate of drug-likeness (QED) is 0.259. The maximum atomic E-state index is 12.4. The Morgan fingerprint density at radius 1 is 1.24 bits per heavy atom. The number of rotatable bonds is 7. The second-order valence-corrected chi connectivity index (χ2v) is 7.86. The number of aromatic amines is 1. The third kappa shape index (κ3) is 5.37. The molecule has 0 bridgehead atoms. The Morgan fingerprint density at radius 2 is 1.94 bits per heavy atom. The molecule has 2 aromatic rings. The molecule has 2 aliphatic rings. The van der Waals surface area contributed by atoms with E-state index >= 15 is 0 Å². The van der Waals surface area contributed by atoms with Crippen molar-refractivity contribution in [2.45, 2.75) is 24.9 Å². The van der Waals surface area contributed by atoms with Gasteiger partial charge in [0.1, 0.15) is 11.7 Å². The molecule has 2 aliphatic heterocycles. The number of nitrogens with one attached hydrogen (secondary N) is 3. The van der Waals surface area contributed by atoms with Crippen LogP contribution in [0.2, 0.25) is 0 Å². The van der Waals surface area contributed by atoms with Crippen LogP contribution in [0.5, 0.6) is 0 Å². The summed E-state index contributed by atoms with van der Waals surface area (Å²) in [6.07, 6.45) is -0.583. The molecule has 1 unspecified atom stereocenters. The third-order valence-corrected chi connectivity index (χ3v) is 5.65. The Balaban J connectivity index is 0.00000324. The number of hydrogen-bond acceptors (Lipinski definition) is 9. The van der Waals surface area contributed by atoms with Gasteiger partial charge in [0.25, 0.3) is 11.5 Å². The normalized spacial score (nSPS) is 17.0. The number of fused-ring (bicyclic) bond motifs is 3. The molecule has 0 spiro atoms. The summed E-state index contributed by atoms with van der Waals surface area (Å²) in [5.41, 5.74) is 6.81. The molecule has 2 atom stereocenters. The van der Waals surface area contributed by atoms with E-state index in [-0.39, 0.29) is 73.7 Å². The minimum atomic E-state index is -1.30. The SMILES string of the molecule is Nc1nc2c(c(=O)[nH]1)N1CN(c3ccc(C(=O)N[C@@H](CCC(=O)O)C(=O)O)cc3)CC1CN2.[Ca]. The second-order valence-electron chi connectivity index (χ2n) is 7.86. The van der Waals surface area contributed by atoms with Crippen molar-refractivity contribution in [1.29, 1.82) is 0 Å². The zero-order valence-corrected chi connectivity index (χ0v) is 20.4. The number of benzene rings is 1. The van der Waals surface area contributed by atoms with Crippen molar-refractivity contribution in [3.8, 4) is 0 Å². The molecule has 3 heterocycles. The number of nitrogen functional groups attached to an aromatic ring is 1. The van der Waals surface area contributed by atoms with Crippen molar-refractivity contribution in [2.75, 3.05) is 40.6 Å². The van der Waals surface area contributed by atoms with E-state index in [9.17, 15) is 24.3 Å². The Hall–Kier alpha value is -3.03. The number of hydrogen-bond donors (Lipinski definition) is 6. The largest absolute Gasteiger partial charge is 0.481 e. The molecule has 0 aliphatic carbocycles. The molecule has 4 rings (SSSR count). The van der Waals surface area contributed by atoms with Crippen LogP contribution in [0.4, 0.5) is 23.1 Å². The van der Waals surface area contributed by atoms with Crippen LogP contribution in [0.15, 0.2) is 29.1 Å². The number of carboxylic acid groups (broad SMARTS) is 2. The number of carboxylic acids is 2. The van der Waals surface area contributed by atoms with E-state index in [1.165, 1.54) is 0 Å². The average Bonchev–Trinajstić information content (AvgIpc) is 3.20. The second kappa shape index (κ2) is 10.5. The fourth-order valence-corrected chi connectivity index (χ4v) is 4.00. The molecule has 34 heavy (non-hydrogen) atoms. The molecule has 1 fully saturated rings. The monoisotopic (exact) mass is 497 g/mol. The van der Waals surface area contributed by atoms with E-state index in [0.717, 1.165) is 5.69 Å². The number of anilines is 4. The standard InChI is InChI=1S/C20H23N7O6.Ca/c21-20-24-16-15(18(31)25-20)27-9-26(8-12(27)7-22-16)11-3-1-10(2-4-11)17(30)23-13(19(32)33)5-6-14(28)29;/h1-4,12-13H,5-9H2,(H,23,30)(H,28,29)(H,32,33)(H4,21,22,24,25,31);/t12?,13-;/m0./s1. The number of nitrogens with zero attached hydrogens (tertiary/aromatic N) is 3. The number of amides is 1. The van der Waals surface area contributed by atoms with Crippen molar-refractivity contribution in [3.05, 3.63) is 40.2 Å². The van der Waals surface area contributed by atoms with Crippen LogP contribution in [-0.4, -0.2) is 108 Å². The topological polar surface area (TPSA) is 194 Å². The van der Waals surface area contributed by atoms with Gasteiger partial charge in [-0.3, -0.25) is 19.4 Å². The summed E-state index contributed by atoms with van der Waals surface area (Å²) < 4.78 is 0. The predicted molar refractivity (Wildman–Crippen MR) is 124 cm³/mol. The van der Waals surface area contributed by atoms with E-state index in [1.54, 1.807) is 24.3 Å². The fraction of sp³-hybridized carbons (Fsp3) is 0.350. The molecule has 1 amide bonds. The number of nitrogens with two attached hydrogens (primary N) is 1. The Bertz CT molecular complexity index is 1160. The molecule has 1 saturated heterocycles. The summed E-state index contributed by atoms with van der Waals surface area (Å²) in [4.78, 5) is 57.5. The molecule has 0 saturated carbocycles. The molecule has 14 heteroatoms. The molecular formula is C20H23CaN7O6. The first-order valence-corrected chi connectivity index (χ1v) is 10.2. The van der Waals surface area contributed by atoms with Crippen molar-refractivity contribution in [3.63, 3.8) is 0 Å². The first-order valence-electron chi connectivity index (χ1n) is 10.2. The first kappa shape index (κ1) is 25.6. The molecular weight excluding hydrogens is 474 g/mol. The number of H-pyrrole nitrogens is 1. The van der Waals surface area contributed by atoms with E-state index < -0.39 is 23.9 Å². The van der Waals surface area contributed by atoms with Crippen molar-refractivity contribution >= 4 is 78.7 Å². The molecule has 7 N–H and O–H groups in total. The molecule has 2 radical (unpaired) electrons. The summed E-state index contributed by atoms with van der Waals surface area (Å²) in [6, 6.07) is 5.35. The van der Waals surface area contributed by atoms with Gasteiger partial charge in [0.05, 0.1) is 12.7 Å². The Morgan fingerprint density at radius 3 is 2.59 bits per heavy atom. The van der Waals surface area contributed by atoms with Crippen LogP contribution in [0, 0.1) is 0 Å². The van der Waals surface area contributed by atoms with Crippen LogP contribution in [-0.2, 0) is 9.59 Å². The maximum absolute atomic E-state index is 12.4. The zero-order chi connectivity index (χ0) is 23.7. The van der Waals surface area contributed by atoms with Gasteiger partial charge in [-0.1, -0.05) is 0 Å². The minimum absolute atomic E-state index is 0. The van der Waals surface area contributed by atoms with Gasteiger partial charge in [0.2, 0.25) is 5.95 Å². The van der Waals surface area contributed by atoms with Gasteiger partial charge in [-0.25, -0.2) is 4.79 Å². The van der Waals surface area contributed by atoms with Crippen LogP contribution < -0.4 is 31.7 Å². The summed E-state index contributed by atoms with van der Waals surface area (Å²) in [6.45, 7) is 1.67. The van der Waals surface area contributed by atoms with Crippen molar-refractivity contribution in [1.82, 2.24) is 15.3 Å². The van der Waals surface area contributed by atoms with Crippen molar-refractivity contribution < 1.29 is 24.6 Å². The van der Waals surface area contributed by atoms with Gasteiger partial charge < -0.3 is 36.4 Å². The smallest absolute Gasteiger partial charge is 0.326 e. The predicted octanol–water partition coefficient (Wildman–Crippen LogP) is -0.903. The third-order valence-electron chi connectivity index (χ3n) is 5.65. The average molecular weight is 498 g/mol. The van der Waals surface area contributed by atoms with Gasteiger partial charge >= 0.3 is 11.9 Å². The zero-order valence-electron chi connectivity index (χ0n) is 18.2. The van der Waals surface area contributed by atoms with Crippen LogP contribution in [0.1, 0.15) is 23.2 Å². The Kier molecular flexibility index (Phi) is 7.89. The van der Waals surface area contributed by atoms with Gasteiger partial charge in [-0.2, -0.15) is 4.98 Å². The first-order chi connectivity index (χ1) is 15.7. The van der Waals surface area contributed by atoms with Crippen LogP contribution >= 0.6 is 0 Å². The maximum Gasteiger partial charge on any atom is 0.326 e. The van der Waals surface area contributed by atoms with Gasteiger partial charge in [0.15, 0.2) is 5.82 Å². The minimum Gasteiger partial charge on any atom is -0.481 e. The van der Waals surface area contributed by atoms with E-state index in [2.05, 4.69) is 20.6 Å². The summed E-state index contributed by atoms with van der Waals surface area (Å²) in [7, 11) is 0. The van der Waals surface area contributed by atoms with Crippen molar-refractivity contribution in [2.24, 2.45) is 0 Å². The van der Waals surface area contributed by atoms with E-state index in [0.29, 0.717) is 31.3 Å². The molecule has 1 aromatic carbocycles. The number of carbonyl (C=O) groups excluding carboxylic acids is 1. The summed E-state index contributed by atoms with van der Waals surface area (Å²) in [5.74, 6) is -2.55. The molecule has 13 nitrogen and oxygen atoms in total. The summed E-state index contributed by atoms with van der Waals surface area (Å²) in [5, 5.41) is 23.4. The molecule has 1 aromatic heterocycles. The molecule has 176 valence electrons. The van der Waals surface area contributed by atoms with Gasteiger partial charge in [-0.15, -0.1) is 0 Å². The van der Waals surface area contributed by atoms with Gasteiger partial charge in [-0.05, 0) is 30.7 Å².